The van der Waals surface area contributed by atoms with Crippen LogP contribution in [0.5, 0.6) is 0 Å². The fourth-order valence-electron chi connectivity index (χ4n) is 2.79. The molecule has 4 nitrogen and oxygen atoms in total. The van der Waals surface area contributed by atoms with E-state index in [1.165, 1.54) is 5.56 Å². The Balaban J connectivity index is 1.47. The van der Waals surface area contributed by atoms with Gasteiger partial charge in [-0.15, -0.1) is 0 Å². The van der Waals surface area contributed by atoms with Crippen LogP contribution in [0.4, 0.5) is 10.5 Å². The second kappa shape index (κ2) is 6.94. The van der Waals surface area contributed by atoms with Crippen LogP contribution in [0.2, 0.25) is 0 Å². The van der Waals surface area contributed by atoms with Gasteiger partial charge in [0.15, 0.2) is 0 Å². The summed E-state index contributed by atoms with van der Waals surface area (Å²) in [6.07, 6.45) is 1.01. The summed E-state index contributed by atoms with van der Waals surface area (Å²) in [4.78, 5) is 14.5. The number of hydrogen-bond acceptors (Lipinski definition) is 3. The Morgan fingerprint density at radius 1 is 1.36 bits per heavy atom. The van der Waals surface area contributed by atoms with Crippen molar-refractivity contribution >= 4 is 23.1 Å². The van der Waals surface area contributed by atoms with Gasteiger partial charge in [-0.3, -0.25) is 4.90 Å². The number of aryl methyl sites for hydroxylation is 1. The lowest BCUT2D eigenvalue weighted by Crippen LogP contribution is -2.39. The molecular formula is C17H21N3OS. The monoisotopic (exact) mass is 315 g/mol. The van der Waals surface area contributed by atoms with Crippen molar-refractivity contribution in [3.05, 3.63) is 52.2 Å². The maximum absolute atomic E-state index is 12.1. The molecule has 1 aliphatic rings. The molecule has 1 unspecified atom stereocenters. The molecule has 22 heavy (non-hydrogen) atoms. The largest absolute Gasteiger partial charge is 0.334 e. The quantitative estimate of drug-likeness (QED) is 0.907. The molecular weight excluding hydrogens is 294 g/mol. The molecule has 0 radical (unpaired) electrons. The number of carbonyl (C=O) groups excluding carboxylic acids is 1. The van der Waals surface area contributed by atoms with Crippen molar-refractivity contribution < 1.29 is 4.79 Å². The molecule has 1 fully saturated rings. The van der Waals surface area contributed by atoms with Gasteiger partial charge in [-0.2, -0.15) is 11.3 Å². The molecule has 2 amide bonds. The molecule has 1 saturated heterocycles. The van der Waals surface area contributed by atoms with Crippen molar-refractivity contribution in [3.63, 3.8) is 0 Å². The molecule has 1 atom stereocenters. The first-order valence-corrected chi connectivity index (χ1v) is 8.51. The SMILES string of the molecule is Cc1ccccc1NC(=O)NC1CCN(Cc2ccsc2)C1. The Hall–Kier alpha value is -1.85. The van der Waals surface area contributed by atoms with Crippen molar-refractivity contribution in [1.82, 2.24) is 10.2 Å². The molecule has 0 spiro atoms. The molecule has 116 valence electrons. The minimum absolute atomic E-state index is 0.114. The maximum Gasteiger partial charge on any atom is 0.319 e. The third kappa shape index (κ3) is 3.87. The lowest BCUT2D eigenvalue weighted by Gasteiger charge is -2.17. The van der Waals surface area contributed by atoms with Gasteiger partial charge < -0.3 is 10.6 Å². The Morgan fingerprint density at radius 2 is 2.23 bits per heavy atom. The number of carbonyl (C=O) groups is 1. The zero-order valence-corrected chi connectivity index (χ0v) is 13.5. The van der Waals surface area contributed by atoms with Gasteiger partial charge in [-0.25, -0.2) is 4.79 Å². The van der Waals surface area contributed by atoms with Gasteiger partial charge in [-0.05, 0) is 47.4 Å². The molecule has 1 aromatic carbocycles. The van der Waals surface area contributed by atoms with Crippen LogP contribution < -0.4 is 10.6 Å². The van der Waals surface area contributed by atoms with E-state index in [1.54, 1.807) is 11.3 Å². The highest BCUT2D eigenvalue weighted by atomic mass is 32.1. The number of thiophene rings is 1. The van der Waals surface area contributed by atoms with Gasteiger partial charge in [0, 0.05) is 31.4 Å². The van der Waals surface area contributed by atoms with Crippen molar-refractivity contribution in [3.8, 4) is 0 Å². The predicted molar refractivity (Wildman–Crippen MR) is 91.3 cm³/mol. The number of para-hydroxylation sites is 1. The van der Waals surface area contributed by atoms with Gasteiger partial charge in [-0.1, -0.05) is 18.2 Å². The summed E-state index contributed by atoms with van der Waals surface area (Å²) in [5.41, 5.74) is 3.30. The molecule has 2 aromatic rings. The summed E-state index contributed by atoms with van der Waals surface area (Å²) in [6.45, 7) is 4.91. The fraction of sp³-hybridized carbons (Fsp3) is 0.353. The second-order valence-electron chi connectivity index (χ2n) is 5.77. The average molecular weight is 315 g/mol. The van der Waals surface area contributed by atoms with Gasteiger partial charge in [0.25, 0.3) is 0 Å². The Labute approximate surface area is 135 Å². The summed E-state index contributed by atoms with van der Waals surface area (Å²) >= 11 is 1.73. The van der Waals surface area contributed by atoms with Crippen LogP contribution in [0, 0.1) is 6.92 Å². The predicted octanol–water partition coefficient (Wildman–Crippen LogP) is 3.45. The first kappa shape index (κ1) is 15.1. The van der Waals surface area contributed by atoms with Gasteiger partial charge in [0.05, 0.1) is 0 Å². The number of nitrogens with zero attached hydrogens (tertiary/aromatic N) is 1. The van der Waals surface area contributed by atoms with Gasteiger partial charge in [0.2, 0.25) is 0 Å². The number of anilines is 1. The summed E-state index contributed by atoms with van der Waals surface area (Å²) in [5, 5.41) is 10.3. The minimum Gasteiger partial charge on any atom is -0.334 e. The fourth-order valence-corrected chi connectivity index (χ4v) is 3.45. The molecule has 1 aromatic heterocycles. The normalized spacial score (nSPS) is 18.3. The Kier molecular flexibility index (Phi) is 4.75. The summed E-state index contributed by atoms with van der Waals surface area (Å²) in [7, 11) is 0. The number of amides is 2. The smallest absolute Gasteiger partial charge is 0.319 e. The Morgan fingerprint density at radius 3 is 3.00 bits per heavy atom. The molecule has 0 saturated carbocycles. The van der Waals surface area contributed by atoms with Crippen LogP contribution in [0.3, 0.4) is 0 Å². The standard InChI is InChI=1S/C17H21N3OS/c1-13-4-2-3-5-16(13)19-17(21)18-15-6-8-20(11-15)10-14-7-9-22-12-14/h2-5,7,9,12,15H,6,8,10-11H2,1H3,(H2,18,19,21). The van der Waals surface area contributed by atoms with E-state index in [0.29, 0.717) is 0 Å². The van der Waals surface area contributed by atoms with Crippen LogP contribution in [-0.2, 0) is 6.54 Å². The summed E-state index contributed by atoms with van der Waals surface area (Å²) < 4.78 is 0. The van der Waals surface area contributed by atoms with Crippen molar-refractivity contribution in [1.29, 1.82) is 0 Å². The number of nitrogens with one attached hydrogen (secondary N) is 2. The highest BCUT2D eigenvalue weighted by molar-refractivity contribution is 7.07. The van der Waals surface area contributed by atoms with Crippen molar-refractivity contribution in [2.75, 3.05) is 18.4 Å². The summed E-state index contributed by atoms with van der Waals surface area (Å²) in [5.74, 6) is 0. The van der Waals surface area contributed by atoms with E-state index in [4.69, 9.17) is 0 Å². The molecule has 0 aliphatic carbocycles. The maximum atomic E-state index is 12.1. The topological polar surface area (TPSA) is 44.4 Å². The zero-order chi connectivity index (χ0) is 15.4. The van der Waals surface area contributed by atoms with E-state index in [2.05, 4.69) is 32.4 Å². The number of urea groups is 1. The van der Waals surface area contributed by atoms with Crippen LogP contribution in [-0.4, -0.2) is 30.1 Å². The number of rotatable bonds is 4. The highest BCUT2D eigenvalue weighted by Gasteiger charge is 2.23. The van der Waals surface area contributed by atoms with Crippen LogP contribution >= 0.6 is 11.3 Å². The second-order valence-corrected chi connectivity index (χ2v) is 6.55. The number of likely N-dealkylation sites (tertiary alicyclic amines) is 1. The van der Waals surface area contributed by atoms with E-state index in [0.717, 1.165) is 37.3 Å². The van der Waals surface area contributed by atoms with Crippen LogP contribution in [0.1, 0.15) is 17.5 Å². The average Bonchev–Trinajstić information content (AvgIpc) is 3.14. The summed E-state index contributed by atoms with van der Waals surface area (Å²) in [6, 6.07) is 10.1. The van der Waals surface area contributed by atoms with Gasteiger partial charge in [0.1, 0.15) is 0 Å². The number of benzene rings is 1. The van der Waals surface area contributed by atoms with Gasteiger partial charge >= 0.3 is 6.03 Å². The molecule has 1 aliphatic heterocycles. The zero-order valence-electron chi connectivity index (χ0n) is 12.7. The van der Waals surface area contributed by atoms with Crippen molar-refractivity contribution in [2.45, 2.75) is 25.9 Å². The van der Waals surface area contributed by atoms with E-state index >= 15 is 0 Å². The highest BCUT2D eigenvalue weighted by Crippen LogP contribution is 2.16. The third-order valence-electron chi connectivity index (χ3n) is 3.99. The molecule has 2 heterocycles. The first-order chi connectivity index (χ1) is 10.7. The molecule has 2 N–H and O–H groups in total. The van der Waals surface area contributed by atoms with Crippen LogP contribution in [0.25, 0.3) is 0 Å². The molecule has 3 rings (SSSR count). The molecule has 5 heteroatoms. The minimum atomic E-state index is -0.114. The lowest BCUT2D eigenvalue weighted by atomic mass is 10.2. The third-order valence-corrected chi connectivity index (χ3v) is 4.72. The van der Waals surface area contributed by atoms with E-state index in [9.17, 15) is 4.79 Å². The van der Waals surface area contributed by atoms with E-state index in [1.807, 2.05) is 31.2 Å². The van der Waals surface area contributed by atoms with E-state index in [-0.39, 0.29) is 12.1 Å². The number of hydrogen-bond donors (Lipinski definition) is 2. The van der Waals surface area contributed by atoms with Crippen LogP contribution in [0.15, 0.2) is 41.1 Å². The lowest BCUT2D eigenvalue weighted by molar-refractivity contribution is 0.247. The first-order valence-electron chi connectivity index (χ1n) is 7.57. The molecule has 0 bridgehead atoms. The Bertz CT molecular complexity index is 627. The van der Waals surface area contributed by atoms with E-state index < -0.39 is 0 Å². The van der Waals surface area contributed by atoms with Crippen molar-refractivity contribution in [2.24, 2.45) is 0 Å².